The number of unbranched alkanes of at least 4 members (excludes halogenated alkanes) is 13. The van der Waals surface area contributed by atoms with Crippen molar-refractivity contribution in [2.24, 2.45) is 11.8 Å². The Morgan fingerprint density at radius 3 is 1.37 bits per heavy atom. The zero-order valence-electron chi connectivity index (χ0n) is 38.8. The first-order valence-corrected chi connectivity index (χ1v) is 23.7. The van der Waals surface area contributed by atoms with Crippen molar-refractivity contribution >= 4 is 41.0 Å². The first kappa shape index (κ1) is 59.9. The second-order valence-corrected chi connectivity index (χ2v) is 16.4. The van der Waals surface area contributed by atoms with Crippen LogP contribution >= 0.6 is 0 Å². The number of rotatable bonds is 50. The lowest BCUT2D eigenvalue weighted by atomic mass is 9.93. The van der Waals surface area contributed by atoms with Gasteiger partial charge in [-0.05, 0) is 32.1 Å². The van der Waals surface area contributed by atoms with Crippen molar-refractivity contribution in [3.63, 3.8) is 0 Å². The monoisotopic (exact) mass is 902 g/mol. The van der Waals surface area contributed by atoms with Crippen molar-refractivity contribution < 1.29 is 72.2 Å². The molecule has 0 radical (unpaired) electrons. The molecule has 16 nitrogen and oxygen atoms in total. The van der Waals surface area contributed by atoms with Crippen LogP contribution in [0.1, 0.15) is 162 Å². The van der Waals surface area contributed by atoms with Crippen LogP contribution in [0.3, 0.4) is 0 Å². The predicted octanol–water partition coefficient (Wildman–Crippen LogP) is 6.89. The summed E-state index contributed by atoms with van der Waals surface area (Å²) in [6.07, 6.45) is 17.8. The minimum absolute atomic E-state index is 0.0323. The van der Waals surface area contributed by atoms with Crippen LogP contribution in [0.2, 0.25) is 0 Å². The van der Waals surface area contributed by atoms with Crippen LogP contribution in [-0.4, -0.2) is 137 Å². The fourth-order valence-electron chi connectivity index (χ4n) is 6.35. The Kier molecular flexibility index (Phi) is 41.9. The Balaban J connectivity index is 3.62. The maximum absolute atomic E-state index is 12.5. The smallest absolute Gasteiger partial charge is 0.306 e. The Morgan fingerprint density at radius 1 is 0.429 bits per heavy atom. The molecule has 1 atom stereocenters. The number of amides is 1. The number of aliphatic carboxylic acids is 2. The molecule has 0 aromatic carbocycles. The number of nitrogens with one attached hydrogen (secondary N) is 1. The first-order chi connectivity index (χ1) is 30.4. The van der Waals surface area contributed by atoms with Gasteiger partial charge in [0.25, 0.3) is 0 Å². The number of carboxylic acids is 2. The number of hydrogen-bond donors (Lipinski definition) is 3. The van der Waals surface area contributed by atoms with Crippen LogP contribution in [0, 0.1) is 11.8 Å². The Bertz CT molecular complexity index is 1210. The van der Waals surface area contributed by atoms with Crippen LogP contribution < -0.4 is 5.32 Å². The first-order valence-electron chi connectivity index (χ1n) is 23.7. The number of ether oxygens (including phenoxy) is 6. The molecule has 0 saturated carbocycles. The molecule has 0 unspecified atom stereocenters. The van der Waals surface area contributed by atoms with E-state index in [1.54, 1.807) is 0 Å². The van der Waals surface area contributed by atoms with E-state index in [2.05, 4.69) is 5.32 Å². The molecule has 0 aromatic heterocycles. The fourth-order valence-corrected chi connectivity index (χ4v) is 6.35. The number of carboxylic acid groups (broad SMARTS) is 2. The molecule has 0 spiro atoms. The minimum Gasteiger partial charge on any atom is -0.481 e. The molecule has 3 N–H and O–H groups in total. The fraction of sp³-hybridized carbons (Fsp3) is 0.851. The van der Waals surface area contributed by atoms with Gasteiger partial charge in [0.2, 0.25) is 5.91 Å². The second-order valence-electron chi connectivity index (χ2n) is 16.4. The normalized spacial score (nSPS) is 11.8. The van der Waals surface area contributed by atoms with E-state index in [1.165, 1.54) is 44.9 Å². The van der Waals surface area contributed by atoms with Gasteiger partial charge in [-0.1, -0.05) is 90.9 Å². The lowest BCUT2D eigenvalue weighted by Gasteiger charge is -2.11. The average Bonchev–Trinajstić information content (AvgIpc) is 3.24. The zero-order chi connectivity index (χ0) is 46.6. The van der Waals surface area contributed by atoms with Crippen LogP contribution in [0.4, 0.5) is 0 Å². The van der Waals surface area contributed by atoms with E-state index >= 15 is 0 Å². The molecule has 0 bridgehead atoms. The third kappa shape index (κ3) is 43.9. The van der Waals surface area contributed by atoms with E-state index < -0.39 is 17.9 Å². The van der Waals surface area contributed by atoms with Crippen LogP contribution in [0.5, 0.6) is 0 Å². The van der Waals surface area contributed by atoms with Gasteiger partial charge in [0.05, 0.1) is 52.2 Å². The van der Waals surface area contributed by atoms with Crippen molar-refractivity contribution in [3.8, 4) is 0 Å². The molecule has 0 aliphatic rings. The van der Waals surface area contributed by atoms with Gasteiger partial charge in [-0.2, -0.15) is 0 Å². The predicted molar refractivity (Wildman–Crippen MR) is 238 cm³/mol. The van der Waals surface area contributed by atoms with Crippen molar-refractivity contribution in [2.45, 2.75) is 162 Å². The van der Waals surface area contributed by atoms with E-state index in [-0.39, 0.29) is 107 Å². The highest BCUT2D eigenvalue weighted by atomic mass is 16.5. The van der Waals surface area contributed by atoms with Crippen LogP contribution in [0.15, 0.2) is 0 Å². The zero-order valence-corrected chi connectivity index (χ0v) is 38.8. The van der Waals surface area contributed by atoms with E-state index in [0.717, 1.165) is 44.9 Å². The van der Waals surface area contributed by atoms with Crippen molar-refractivity contribution in [1.29, 1.82) is 0 Å². The van der Waals surface area contributed by atoms with Crippen molar-refractivity contribution in [3.05, 3.63) is 0 Å². The van der Waals surface area contributed by atoms with Gasteiger partial charge >= 0.3 is 11.9 Å². The molecule has 63 heavy (non-hydrogen) atoms. The molecular formula is C47H83NO15. The standard InChI is InChI=1S/C47H83NO15/c1-39(2)44(52)37-62-33-31-60-28-25-48-45(53)38-63-34-30-59-27-18-21-43(51)36-61-32-29-58-26-17-20-41(49)24-23-40(47(56)57)35-42(50)19-15-13-11-9-7-5-3-4-6-8-10-12-14-16-22-46(54)55/h39-40H,3-38H2,1-2H3,(H,48,53)(H,54,55)(H,56,57)/t40-/m1/s1. The van der Waals surface area contributed by atoms with Gasteiger partial charge in [-0.25, -0.2) is 0 Å². The third-order valence-corrected chi connectivity index (χ3v) is 10.2. The molecule has 0 heterocycles. The van der Waals surface area contributed by atoms with Gasteiger partial charge < -0.3 is 44.0 Å². The molecular weight excluding hydrogens is 819 g/mol. The molecule has 0 rings (SSSR count). The van der Waals surface area contributed by atoms with Gasteiger partial charge in [-0.15, -0.1) is 0 Å². The molecule has 0 aliphatic heterocycles. The quantitative estimate of drug-likeness (QED) is 0.0528. The Morgan fingerprint density at radius 2 is 0.857 bits per heavy atom. The van der Waals surface area contributed by atoms with E-state index in [9.17, 15) is 38.7 Å². The maximum Gasteiger partial charge on any atom is 0.306 e. The molecule has 0 aromatic rings. The summed E-state index contributed by atoms with van der Waals surface area (Å²) in [5, 5.41) is 20.9. The lowest BCUT2D eigenvalue weighted by molar-refractivity contribution is -0.144. The summed E-state index contributed by atoms with van der Waals surface area (Å²) in [7, 11) is 0. The maximum atomic E-state index is 12.5. The highest BCUT2D eigenvalue weighted by Crippen LogP contribution is 2.18. The topological polar surface area (TPSA) is 227 Å². The number of Topliss-reactive ketones (excluding diaryl/α,β-unsaturated/α-hetero) is 4. The molecule has 0 aliphatic carbocycles. The Hall–Kier alpha value is -3.15. The summed E-state index contributed by atoms with van der Waals surface area (Å²) in [6.45, 7) is 6.62. The van der Waals surface area contributed by atoms with E-state index in [0.29, 0.717) is 71.9 Å². The average molecular weight is 902 g/mol. The highest BCUT2D eigenvalue weighted by molar-refractivity contribution is 5.85. The largest absolute Gasteiger partial charge is 0.481 e. The van der Waals surface area contributed by atoms with Gasteiger partial charge in [0.15, 0.2) is 11.6 Å². The summed E-state index contributed by atoms with van der Waals surface area (Å²) < 4.78 is 32.2. The number of hydrogen-bond acceptors (Lipinski definition) is 13. The second kappa shape index (κ2) is 44.1. The van der Waals surface area contributed by atoms with Gasteiger partial charge in [0.1, 0.15) is 31.4 Å². The molecule has 1 amide bonds. The summed E-state index contributed by atoms with van der Waals surface area (Å²) >= 11 is 0. The minimum atomic E-state index is -1.04. The van der Waals surface area contributed by atoms with Crippen molar-refractivity contribution in [1.82, 2.24) is 5.32 Å². The number of carbonyl (C=O) groups excluding carboxylic acids is 5. The summed E-state index contributed by atoms with van der Waals surface area (Å²) in [5.41, 5.74) is 0. The van der Waals surface area contributed by atoms with Crippen LogP contribution in [0.25, 0.3) is 0 Å². The number of ketones is 4. The van der Waals surface area contributed by atoms with Gasteiger partial charge in [-0.3, -0.25) is 33.6 Å². The van der Waals surface area contributed by atoms with Crippen molar-refractivity contribution in [2.75, 3.05) is 85.8 Å². The SMILES string of the molecule is CC(C)C(=O)COCCOCCNC(=O)COCCOCCCC(=O)COCCOCCCC(=O)CC[C@H](CC(=O)CCCCCCCCCCCCCCCCC(=O)O)C(=O)O. The summed E-state index contributed by atoms with van der Waals surface area (Å²) in [5.74, 6) is -3.06. The van der Waals surface area contributed by atoms with Crippen LogP contribution in [-0.2, 0) is 62.0 Å². The summed E-state index contributed by atoms with van der Waals surface area (Å²) in [6, 6.07) is 0. The Labute approximate surface area is 376 Å². The molecule has 0 saturated heterocycles. The lowest BCUT2D eigenvalue weighted by Crippen LogP contribution is -2.31. The number of carbonyl (C=O) groups is 7. The van der Waals surface area contributed by atoms with E-state index in [1.807, 2.05) is 13.8 Å². The van der Waals surface area contributed by atoms with E-state index in [4.69, 9.17) is 33.5 Å². The van der Waals surface area contributed by atoms with Gasteiger partial charge in [0, 0.05) is 64.2 Å². The third-order valence-electron chi connectivity index (χ3n) is 10.2. The molecule has 366 valence electrons. The molecule has 16 heteroatoms. The summed E-state index contributed by atoms with van der Waals surface area (Å²) in [4.78, 5) is 82.4. The highest BCUT2D eigenvalue weighted by Gasteiger charge is 2.22. The molecule has 0 fully saturated rings.